The molecule has 2 atom stereocenters. The highest BCUT2D eigenvalue weighted by Gasteiger charge is 2.29. The number of carbonyl (C=O) groups excluding carboxylic acids is 1. The van der Waals surface area contributed by atoms with Gasteiger partial charge >= 0.3 is 0 Å². The number of hydrogen-bond donors (Lipinski definition) is 0. The standard InChI is InChI=1S/C9H13FN2O/c1-7(13)12-5-3-8(2-4-11)9(10)6-12/h8-9H,2-3,5-6H2,1H3. The van der Waals surface area contributed by atoms with Gasteiger partial charge in [0.05, 0.1) is 12.6 Å². The third kappa shape index (κ3) is 2.41. The summed E-state index contributed by atoms with van der Waals surface area (Å²) in [5.41, 5.74) is 0. The van der Waals surface area contributed by atoms with Gasteiger partial charge in [-0.3, -0.25) is 4.79 Å². The normalized spacial score (nSPS) is 28.2. The Morgan fingerprint density at radius 2 is 2.46 bits per heavy atom. The molecule has 72 valence electrons. The molecule has 0 N–H and O–H groups in total. The van der Waals surface area contributed by atoms with Gasteiger partial charge in [-0.1, -0.05) is 0 Å². The molecule has 0 aromatic carbocycles. The molecule has 0 spiro atoms. The van der Waals surface area contributed by atoms with Gasteiger partial charge in [-0.2, -0.15) is 5.26 Å². The number of amides is 1. The summed E-state index contributed by atoms with van der Waals surface area (Å²) in [6.07, 6.45) is -0.168. The van der Waals surface area contributed by atoms with Crippen molar-refractivity contribution in [1.29, 1.82) is 5.26 Å². The third-order valence-corrected chi connectivity index (χ3v) is 2.47. The van der Waals surface area contributed by atoms with Crippen molar-refractivity contribution in [2.45, 2.75) is 25.9 Å². The molecule has 2 unspecified atom stereocenters. The van der Waals surface area contributed by atoms with Gasteiger partial charge in [0.15, 0.2) is 0 Å². The van der Waals surface area contributed by atoms with Crippen LogP contribution >= 0.6 is 0 Å². The number of halogens is 1. The average molecular weight is 184 g/mol. The molecule has 0 aromatic heterocycles. The van der Waals surface area contributed by atoms with E-state index in [1.54, 1.807) is 0 Å². The van der Waals surface area contributed by atoms with Crippen molar-refractivity contribution in [2.24, 2.45) is 5.92 Å². The molecule has 13 heavy (non-hydrogen) atoms. The Balaban J connectivity index is 2.47. The fraction of sp³-hybridized carbons (Fsp3) is 0.778. The summed E-state index contributed by atoms with van der Waals surface area (Å²) in [6, 6.07) is 1.97. The number of alkyl halides is 1. The lowest BCUT2D eigenvalue weighted by Gasteiger charge is -2.33. The third-order valence-electron chi connectivity index (χ3n) is 2.47. The van der Waals surface area contributed by atoms with Gasteiger partial charge in [-0.15, -0.1) is 0 Å². The number of rotatable bonds is 1. The van der Waals surface area contributed by atoms with Crippen molar-refractivity contribution < 1.29 is 9.18 Å². The van der Waals surface area contributed by atoms with Crippen LogP contribution in [-0.2, 0) is 4.79 Å². The average Bonchev–Trinajstić information content (AvgIpc) is 2.08. The van der Waals surface area contributed by atoms with Crippen LogP contribution in [0.3, 0.4) is 0 Å². The predicted molar refractivity (Wildman–Crippen MR) is 45.5 cm³/mol. The molecule has 3 nitrogen and oxygen atoms in total. The molecule has 1 aliphatic heterocycles. The second-order valence-corrected chi connectivity index (χ2v) is 3.39. The quantitative estimate of drug-likeness (QED) is 0.612. The summed E-state index contributed by atoms with van der Waals surface area (Å²) >= 11 is 0. The first-order chi connectivity index (χ1) is 6.15. The van der Waals surface area contributed by atoms with Gasteiger partial charge < -0.3 is 4.90 Å². The van der Waals surface area contributed by atoms with Crippen molar-refractivity contribution >= 4 is 5.91 Å². The Kier molecular flexibility index (Phi) is 3.24. The topological polar surface area (TPSA) is 44.1 Å². The monoisotopic (exact) mass is 184 g/mol. The molecule has 1 fully saturated rings. The first-order valence-corrected chi connectivity index (χ1v) is 4.41. The maximum Gasteiger partial charge on any atom is 0.219 e. The van der Waals surface area contributed by atoms with Crippen LogP contribution in [0.4, 0.5) is 4.39 Å². The Hall–Kier alpha value is -1.11. The molecule has 0 radical (unpaired) electrons. The van der Waals surface area contributed by atoms with E-state index in [1.165, 1.54) is 11.8 Å². The fourth-order valence-electron chi connectivity index (χ4n) is 1.59. The zero-order valence-electron chi connectivity index (χ0n) is 7.66. The lowest BCUT2D eigenvalue weighted by Crippen LogP contribution is -2.43. The molecule has 1 amide bonds. The Labute approximate surface area is 77.1 Å². The zero-order chi connectivity index (χ0) is 9.84. The van der Waals surface area contributed by atoms with Crippen molar-refractivity contribution in [3.05, 3.63) is 0 Å². The number of piperidine rings is 1. The molecule has 1 aliphatic rings. The van der Waals surface area contributed by atoms with Gasteiger partial charge in [0.1, 0.15) is 6.17 Å². The lowest BCUT2D eigenvalue weighted by atomic mass is 9.92. The van der Waals surface area contributed by atoms with E-state index in [4.69, 9.17) is 5.26 Å². The van der Waals surface area contributed by atoms with Crippen LogP contribution in [0.15, 0.2) is 0 Å². The molecule has 1 heterocycles. The maximum atomic E-state index is 13.3. The highest BCUT2D eigenvalue weighted by atomic mass is 19.1. The summed E-state index contributed by atoms with van der Waals surface area (Å²) < 4.78 is 13.3. The van der Waals surface area contributed by atoms with E-state index in [2.05, 4.69) is 0 Å². The zero-order valence-corrected chi connectivity index (χ0v) is 7.66. The minimum atomic E-state index is -1.03. The summed E-state index contributed by atoms with van der Waals surface area (Å²) in [5.74, 6) is -0.265. The Bertz CT molecular complexity index is 236. The number of hydrogen-bond acceptors (Lipinski definition) is 2. The summed E-state index contributed by atoms with van der Waals surface area (Å²) in [4.78, 5) is 12.4. The van der Waals surface area contributed by atoms with E-state index >= 15 is 0 Å². The molecular weight excluding hydrogens is 171 g/mol. The van der Waals surface area contributed by atoms with E-state index in [0.29, 0.717) is 13.0 Å². The summed E-state index contributed by atoms with van der Waals surface area (Å²) in [6.45, 7) is 2.18. The SMILES string of the molecule is CC(=O)N1CCC(CC#N)C(F)C1. The minimum Gasteiger partial charge on any atom is -0.340 e. The van der Waals surface area contributed by atoms with Crippen molar-refractivity contribution in [1.82, 2.24) is 4.90 Å². The van der Waals surface area contributed by atoms with E-state index in [9.17, 15) is 9.18 Å². The molecule has 0 bridgehead atoms. The molecule has 4 heteroatoms. The lowest BCUT2D eigenvalue weighted by molar-refractivity contribution is -0.131. The molecule has 0 saturated carbocycles. The number of nitrogens with zero attached hydrogens (tertiary/aromatic N) is 2. The van der Waals surface area contributed by atoms with Crippen molar-refractivity contribution in [3.8, 4) is 6.07 Å². The largest absolute Gasteiger partial charge is 0.340 e. The van der Waals surface area contributed by atoms with E-state index in [1.807, 2.05) is 6.07 Å². The number of nitriles is 1. The van der Waals surface area contributed by atoms with Crippen molar-refractivity contribution in [2.75, 3.05) is 13.1 Å². The highest BCUT2D eigenvalue weighted by molar-refractivity contribution is 5.73. The highest BCUT2D eigenvalue weighted by Crippen LogP contribution is 2.23. The number of likely N-dealkylation sites (tertiary alicyclic amines) is 1. The fourth-order valence-corrected chi connectivity index (χ4v) is 1.59. The molecule has 0 aliphatic carbocycles. The maximum absolute atomic E-state index is 13.3. The van der Waals surface area contributed by atoms with Gasteiger partial charge in [0.25, 0.3) is 0 Å². The van der Waals surface area contributed by atoms with Gasteiger partial charge in [0.2, 0.25) is 5.91 Å². The van der Waals surface area contributed by atoms with E-state index < -0.39 is 6.17 Å². The number of carbonyl (C=O) groups is 1. The Morgan fingerprint density at radius 3 is 2.92 bits per heavy atom. The molecular formula is C9H13FN2O. The Morgan fingerprint density at radius 1 is 1.77 bits per heavy atom. The van der Waals surface area contributed by atoms with Gasteiger partial charge in [0, 0.05) is 25.8 Å². The predicted octanol–water partition coefficient (Wildman–Crippen LogP) is 1.11. The van der Waals surface area contributed by atoms with Crippen LogP contribution in [-0.4, -0.2) is 30.1 Å². The minimum absolute atomic E-state index is 0.0851. The second-order valence-electron chi connectivity index (χ2n) is 3.39. The van der Waals surface area contributed by atoms with Crippen molar-refractivity contribution in [3.63, 3.8) is 0 Å². The molecule has 0 aromatic rings. The van der Waals surface area contributed by atoms with Crippen LogP contribution in [0.1, 0.15) is 19.8 Å². The van der Waals surface area contributed by atoms with Gasteiger partial charge in [-0.25, -0.2) is 4.39 Å². The molecule has 1 rings (SSSR count). The van der Waals surface area contributed by atoms with E-state index in [0.717, 1.165) is 0 Å². The van der Waals surface area contributed by atoms with E-state index in [-0.39, 0.29) is 24.8 Å². The van der Waals surface area contributed by atoms with Crippen LogP contribution in [0, 0.1) is 17.2 Å². The van der Waals surface area contributed by atoms with Crippen LogP contribution in [0.2, 0.25) is 0 Å². The smallest absolute Gasteiger partial charge is 0.219 e. The van der Waals surface area contributed by atoms with Crippen LogP contribution < -0.4 is 0 Å². The van der Waals surface area contributed by atoms with Gasteiger partial charge in [-0.05, 0) is 6.42 Å². The van der Waals surface area contributed by atoms with Crippen LogP contribution in [0.5, 0.6) is 0 Å². The molecule has 1 saturated heterocycles. The first-order valence-electron chi connectivity index (χ1n) is 4.41. The van der Waals surface area contributed by atoms with Crippen LogP contribution in [0.25, 0.3) is 0 Å². The second kappa shape index (κ2) is 4.22. The summed E-state index contributed by atoms with van der Waals surface area (Å²) in [7, 11) is 0. The first kappa shape index (κ1) is 9.97. The summed E-state index contributed by atoms with van der Waals surface area (Å²) in [5, 5.41) is 8.41.